The first-order chi connectivity index (χ1) is 10.4. The largest absolute Gasteiger partial charge is 0.457 e. The summed E-state index contributed by atoms with van der Waals surface area (Å²) in [4.78, 5) is 11.7. The van der Waals surface area contributed by atoms with Crippen molar-refractivity contribution in [2.75, 3.05) is 7.05 Å². The summed E-state index contributed by atoms with van der Waals surface area (Å²) in [6.45, 7) is -0.0257. The fourth-order valence-corrected chi connectivity index (χ4v) is 2.50. The molecule has 0 fully saturated rings. The molecule has 0 bridgehead atoms. The molecule has 0 unspecified atom stereocenters. The lowest BCUT2D eigenvalue weighted by molar-refractivity contribution is 0.0467. The Kier molecular flexibility index (Phi) is 4.89. The van der Waals surface area contributed by atoms with E-state index >= 15 is 0 Å². The first kappa shape index (κ1) is 16.1. The summed E-state index contributed by atoms with van der Waals surface area (Å²) < 4.78 is 44.2. The summed E-state index contributed by atoms with van der Waals surface area (Å²) in [5.41, 5.74) is 0.322. The monoisotopic (exact) mass is 323 g/mol. The standard InChI is InChI=1S/C15H14FNO4S/c1-17-22(19,20)12-7-8-14(16)13(9-12)15(18)21-10-11-5-3-2-4-6-11/h2-9,17H,10H2,1H3. The maximum atomic E-state index is 13.7. The number of carbonyl (C=O) groups is 1. The highest BCUT2D eigenvalue weighted by Crippen LogP contribution is 2.16. The Balaban J connectivity index is 2.20. The third-order valence-corrected chi connectivity index (χ3v) is 4.36. The molecule has 1 N–H and O–H groups in total. The molecule has 5 nitrogen and oxygen atoms in total. The molecule has 0 atom stereocenters. The van der Waals surface area contributed by atoms with E-state index in [1.165, 1.54) is 7.05 Å². The van der Waals surface area contributed by atoms with Gasteiger partial charge in [-0.3, -0.25) is 0 Å². The molecule has 0 amide bonds. The number of hydrogen-bond donors (Lipinski definition) is 1. The fraction of sp³-hybridized carbons (Fsp3) is 0.133. The second-order valence-electron chi connectivity index (χ2n) is 4.41. The molecular weight excluding hydrogens is 309 g/mol. The van der Waals surface area contributed by atoms with Crippen LogP contribution in [0.15, 0.2) is 53.4 Å². The number of esters is 1. The van der Waals surface area contributed by atoms with Crippen molar-refractivity contribution in [1.82, 2.24) is 4.72 Å². The zero-order chi connectivity index (χ0) is 16.2. The average molecular weight is 323 g/mol. The van der Waals surface area contributed by atoms with Crippen molar-refractivity contribution < 1.29 is 22.3 Å². The molecule has 0 saturated carbocycles. The van der Waals surface area contributed by atoms with Crippen molar-refractivity contribution >= 4 is 16.0 Å². The van der Waals surface area contributed by atoms with Crippen LogP contribution in [-0.4, -0.2) is 21.4 Å². The van der Waals surface area contributed by atoms with Gasteiger partial charge in [0, 0.05) is 0 Å². The molecule has 116 valence electrons. The van der Waals surface area contributed by atoms with Crippen LogP contribution in [-0.2, 0) is 21.4 Å². The van der Waals surface area contributed by atoms with Crippen molar-refractivity contribution in [3.63, 3.8) is 0 Å². The predicted molar refractivity (Wildman–Crippen MR) is 78.2 cm³/mol. The van der Waals surface area contributed by atoms with E-state index in [9.17, 15) is 17.6 Å². The molecular formula is C15H14FNO4S. The van der Waals surface area contributed by atoms with E-state index in [2.05, 4.69) is 4.72 Å². The molecule has 0 radical (unpaired) electrons. The molecule has 0 aliphatic carbocycles. The molecule has 0 saturated heterocycles. The van der Waals surface area contributed by atoms with Gasteiger partial charge in [-0.2, -0.15) is 0 Å². The molecule has 0 aliphatic heterocycles. The number of halogens is 1. The minimum atomic E-state index is -3.76. The van der Waals surface area contributed by atoms with Gasteiger partial charge in [0.1, 0.15) is 12.4 Å². The predicted octanol–water partition coefficient (Wildman–Crippen LogP) is 2.09. The van der Waals surface area contributed by atoms with Crippen LogP contribution >= 0.6 is 0 Å². The van der Waals surface area contributed by atoms with E-state index in [4.69, 9.17) is 4.74 Å². The molecule has 0 aromatic heterocycles. The highest BCUT2D eigenvalue weighted by molar-refractivity contribution is 7.89. The Morgan fingerprint density at radius 3 is 2.50 bits per heavy atom. The summed E-state index contributed by atoms with van der Waals surface area (Å²) in [6.07, 6.45) is 0. The second kappa shape index (κ2) is 6.67. The van der Waals surface area contributed by atoms with Crippen molar-refractivity contribution in [3.8, 4) is 0 Å². The minimum Gasteiger partial charge on any atom is -0.457 e. The molecule has 0 heterocycles. The van der Waals surface area contributed by atoms with Crippen LogP contribution in [0.25, 0.3) is 0 Å². The van der Waals surface area contributed by atoms with Crippen molar-refractivity contribution in [2.24, 2.45) is 0 Å². The molecule has 0 aliphatic rings. The number of ether oxygens (including phenoxy) is 1. The van der Waals surface area contributed by atoms with Crippen LogP contribution in [0, 0.1) is 5.82 Å². The Labute approximate surface area is 127 Å². The van der Waals surface area contributed by atoms with E-state index in [-0.39, 0.29) is 11.5 Å². The van der Waals surface area contributed by atoms with Gasteiger partial charge in [0.25, 0.3) is 0 Å². The minimum absolute atomic E-state index is 0.0257. The summed E-state index contributed by atoms with van der Waals surface area (Å²) in [5.74, 6) is -1.76. The number of benzene rings is 2. The van der Waals surface area contributed by atoms with Crippen LogP contribution in [0.2, 0.25) is 0 Å². The first-order valence-corrected chi connectivity index (χ1v) is 7.86. The Hall–Kier alpha value is -2.25. The third-order valence-electron chi connectivity index (χ3n) is 2.95. The SMILES string of the molecule is CNS(=O)(=O)c1ccc(F)c(C(=O)OCc2ccccc2)c1. The Morgan fingerprint density at radius 1 is 1.18 bits per heavy atom. The highest BCUT2D eigenvalue weighted by Gasteiger charge is 2.19. The van der Waals surface area contributed by atoms with Crippen LogP contribution in [0.3, 0.4) is 0 Å². The maximum absolute atomic E-state index is 13.7. The van der Waals surface area contributed by atoms with Gasteiger partial charge in [-0.15, -0.1) is 0 Å². The molecule has 2 aromatic rings. The average Bonchev–Trinajstić information content (AvgIpc) is 2.53. The Morgan fingerprint density at radius 2 is 1.86 bits per heavy atom. The number of sulfonamides is 1. The van der Waals surface area contributed by atoms with E-state index in [0.29, 0.717) is 0 Å². The van der Waals surface area contributed by atoms with Gasteiger partial charge in [-0.25, -0.2) is 22.3 Å². The van der Waals surface area contributed by atoms with Crippen molar-refractivity contribution in [2.45, 2.75) is 11.5 Å². The quantitative estimate of drug-likeness (QED) is 0.855. The number of carbonyl (C=O) groups excluding carboxylic acids is 1. The second-order valence-corrected chi connectivity index (χ2v) is 6.30. The number of hydrogen-bond acceptors (Lipinski definition) is 4. The van der Waals surface area contributed by atoms with Gasteiger partial charge in [0.05, 0.1) is 10.5 Å². The molecule has 22 heavy (non-hydrogen) atoms. The summed E-state index contributed by atoms with van der Waals surface area (Å²) in [7, 11) is -2.53. The van der Waals surface area contributed by atoms with E-state index in [1.54, 1.807) is 24.3 Å². The van der Waals surface area contributed by atoms with Gasteiger partial charge in [0.15, 0.2) is 0 Å². The van der Waals surface area contributed by atoms with Gasteiger partial charge >= 0.3 is 5.97 Å². The van der Waals surface area contributed by atoms with Gasteiger partial charge in [0.2, 0.25) is 10.0 Å². The zero-order valence-corrected chi connectivity index (χ0v) is 12.6. The molecule has 2 rings (SSSR count). The Bertz CT molecular complexity index is 775. The molecule has 2 aromatic carbocycles. The highest BCUT2D eigenvalue weighted by atomic mass is 32.2. The topological polar surface area (TPSA) is 72.5 Å². The van der Waals surface area contributed by atoms with Crippen molar-refractivity contribution in [1.29, 1.82) is 0 Å². The first-order valence-electron chi connectivity index (χ1n) is 6.38. The van der Waals surface area contributed by atoms with E-state index < -0.39 is 27.4 Å². The maximum Gasteiger partial charge on any atom is 0.341 e. The van der Waals surface area contributed by atoms with Crippen molar-refractivity contribution in [3.05, 3.63) is 65.5 Å². The van der Waals surface area contributed by atoms with Crippen LogP contribution in [0.1, 0.15) is 15.9 Å². The van der Waals surface area contributed by atoms with Gasteiger partial charge < -0.3 is 4.74 Å². The lowest BCUT2D eigenvalue weighted by Crippen LogP contribution is -2.19. The number of nitrogens with one attached hydrogen (secondary N) is 1. The summed E-state index contributed by atoms with van der Waals surface area (Å²) in [6, 6.07) is 11.8. The third kappa shape index (κ3) is 3.69. The fourth-order valence-electron chi connectivity index (χ4n) is 1.75. The normalized spacial score (nSPS) is 11.2. The van der Waals surface area contributed by atoms with E-state index in [1.807, 2.05) is 6.07 Å². The van der Waals surface area contributed by atoms with E-state index in [0.717, 1.165) is 23.8 Å². The molecule has 0 spiro atoms. The zero-order valence-electron chi connectivity index (χ0n) is 11.7. The number of rotatable bonds is 5. The molecule has 7 heteroatoms. The lowest BCUT2D eigenvalue weighted by Gasteiger charge is -2.08. The summed E-state index contributed by atoms with van der Waals surface area (Å²) in [5, 5.41) is 0. The lowest BCUT2D eigenvalue weighted by atomic mass is 10.2. The smallest absolute Gasteiger partial charge is 0.341 e. The van der Waals surface area contributed by atoms with Crippen LogP contribution in [0.5, 0.6) is 0 Å². The van der Waals surface area contributed by atoms with Gasteiger partial charge in [-0.1, -0.05) is 30.3 Å². The summed E-state index contributed by atoms with van der Waals surface area (Å²) >= 11 is 0. The van der Waals surface area contributed by atoms with Crippen LogP contribution < -0.4 is 4.72 Å². The van der Waals surface area contributed by atoms with Gasteiger partial charge in [-0.05, 0) is 30.8 Å². The van der Waals surface area contributed by atoms with Crippen LogP contribution in [0.4, 0.5) is 4.39 Å².